The molecule has 0 aliphatic carbocycles. The molecule has 0 radical (unpaired) electrons. The number of imide groups is 1. The summed E-state index contributed by atoms with van der Waals surface area (Å²) >= 11 is 0. The highest BCUT2D eigenvalue weighted by Gasteiger charge is 2.41. The van der Waals surface area contributed by atoms with E-state index >= 15 is 0 Å². The molecule has 10 heteroatoms. The van der Waals surface area contributed by atoms with Crippen molar-refractivity contribution in [2.24, 2.45) is 0 Å². The second-order valence-electron chi connectivity index (χ2n) is 5.96. The van der Waals surface area contributed by atoms with Crippen LogP contribution in [0, 0.1) is 0 Å². The molecule has 4 rings (SSSR count). The number of rotatable bonds is 3. The number of anilines is 1. The lowest BCUT2D eigenvalue weighted by molar-refractivity contribution is -0.134. The molecular formula is C16H11FN2O6S. The Labute approximate surface area is 146 Å². The van der Waals surface area contributed by atoms with Crippen molar-refractivity contribution in [3.63, 3.8) is 0 Å². The van der Waals surface area contributed by atoms with E-state index in [9.17, 15) is 26.7 Å². The number of piperidine rings is 1. The van der Waals surface area contributed by atoms with E-state index in [1.54, 1.807) is 18.2 Å². The first kappa shape index (κ1) is 16.5. The van der Waals surface area contributed by atoms with Gasteiger partial charge < -0.3 is 4.18 Å². The fraction of sp³-hybridized carbons (Fsp3) is 0.188. The summed E-state index contributed by atoms with van der Waals surface area (Å²) in [6, 6.07) is 6.42. The van der Waals surface area contributed by atoms with E-state index in [-0.39, 0.29) is 24.2 Å². The molecule has 26 heavy (non-hydrogen) atoms. The molecule has 8 nitrogen and oxygen atoms in total. The Hall–Kier alpha value is -3.01. The van der Waals surface area contributed by atoms with Crippen LogP contribution in [0.4, 0.5) is 9.57 Å². The summed E-state index contributed by atoms with van der Waals surface area (Å²) in [5, 5.41) is 3.17. The summed E-state index contributed by atoms with van der Waals surface area (Å²) in [7, 11) is -5.25. The zero-order valence-electron chi connectivity index (χ0n) is 13.1. The fourth-order valence-corrected chi connectivity index (χ4v) is 3.72. The van der Waals surface area contributed by atoms with Gasteiger partial charge in [0.1, 0.15) is 11.8 Å². The molecule has 134 valence electrons. The predicted molar refractivity (Wildman–Crippen MR) is 87.6 cm³/mol. The molecule has 2 aliphatic rings. The van der Waals surface area contributed by atoms with Crippen molar-refractivity contribution in [2.75, 3.05) is 4.90 Å². The molecule has 1 saturated heterocycles. The van der Waals surface area contributed by atoms with E-state index in [0.717, 1.165) is 6.07 Å². The van der Waals surface area contributed by atoms with E-state index in [2.05, 4.69) is 9.50 Å². The van der Waals surface area contributed by atoms with Crippen LogP contribution < -0.4 is 14.4 Å². The molecule has 2 heterocycles. The summed E-state index contributed by atoms with van der Waals surface area (Å²) in [6.07, 6.45) is 0.268. The van der Waals surface area contributed by atoms with Gasteiger partial charge in [0, 0.05) is 11.8 Å². The predicted octanol–water partition coefficient (Wildman–Crippen LogP) is 1.20. The van der Waals surface area contributed by atoms with Gasteiger partial charge in [-0.2, -0.15) is 8.42 Å². The Balaban J connectivity index is 1.83. The van der Waals surface area contributed by atoms with Gasteiger partial charge in [-0.3, -0.25) is 24.6 Å². The Bertz CT molecular complexity index is 1100. The average molecular weight is 378 g/mol. The molecule has 1 unspecified atom stereocenters. The molecule has 3 amide bonds. The van der Waals surface area contributed by atoms with Crippen molar-refractivity contribution in [1.29, 1.82) is 0 Å². The van der Waals surface area contributed by atoms with Gasteiger partial charge in [-0.15, -0.1) is 0 Å². The molecule has 1 atom stereocenters. The van der Waals surface area contributed by atoms with Gasteiger partial charge in [-0.05, 0) is 30.0 Å². The van der Waals surface area contributed by atoms with Gasteiger partial charge in [-0.25, -0.2) is 0 Å². The standard InChI is InChI=1S/C16H11FN2O6S/c17-26(23,24)25-9-6-8-2-1-3-11-14(8)10(7-9)16(22)19(11)12-4-5-13(20)18-15(12)21/h1-3,6-7,12H,4-5H2,(H,18,20,21). The average Bonchev–Trinajstić information content (AvgIpc) is 2.80. The molecular weight excluding hydrogens is 367 g/mol. The lowest BCUT2D eigenvalue weighted by Gasteiger charge is -2.30. The van der Waals surface area contributed by atoms with Gasteiger partial charge >= 0.3 is 10.5 Å². The van der Waals surface area contributed by atoms with Gasteiger partial charge in [0.05, 0.1) is 11.3 Å². The summed E-state index contributed by atoms with van der Waals surface area (Å²) in [4.78, 5) is 37.7. The van der Waals surface area contributed by atoms with Crippen LogP contribution in [0.15, 0.2) is 30.3 Å². The first-order valence-electron chi connectivity index (χ1n) is 7.63. The Kier molecular flexibility index (Phi) is 3.48. The maximum atomic E-state index is 12.9. The quantitative estimate of drug-likeness (QED) is 0.635. The highest BCUT2D eigenvalue weighted by atomic mass is 32.3. The fourth-order valence-electron chi connectivity index (χ4n) is 3.39. The normalized spacial score (nSPS) is 19.8. The smallest absolute Gasteiger partial charge is 0.358 e. The minimum atomic E-state index is -5.25. The van der Waals surface area contributed by atoms with Crippen LogP contribution in [-0.2, 0) is 20.1 Å². The molecule has 1 N–H and O–H groups in total. The monoisotopic (exact) mass is 378 g/mol. The third kappa shape index (κ3) is 2.58. The minimum Gasteiger partial charge on any atom is -0.358 e. The van der Waals surface area contributed by atoms with Crippen LogP contribution >= 0.6 is 0 Å². The molecule has 2 aromatic rings. The second-order valence-corrected chi connectivity index (χ2v) is 6.92. The van der Waals surface area contributed by atoms with Crippen molar-refractivity contribution in [3.05, 3.63) is 35.9 Å². The third-order valence-electron chi connectivity index (χ3n) is 4.35. The molecule has 0 aromatic heterocycles. The van der Waals surface area contributed by atoms with Crippen LogP contribution in [0.1, 0.15) is 23.2 Å². The number of benzene rings is 2. The Morgan fingerprint density at radius 2 is 1.96 bits per heavy atom. The molecule has 1 fully saturated rings. The summed E-state index contributed by atoms with van der Waals surface area (Å²) in [5.74, 6) is -1.88. The van der Waals surface area contributed by atoms with Crippen LogP contribution in [0.5, 0.6) is 5.75 Å². The number of hydrogen-bond donors (Lipinski definition) is 1. The third-order valence-corrected chi connectivity index (χ3v) is 4.75. The van der Waals surface area contributed by atoms with Gasteiger partial charge in [0.15, 0.2) is 0 Å². The maximum absolute atomic E-state index is 12.9. The minimum absolute atomic E-state index is 0.0982. The number of halogens is 1. The first-order chi connectivity index (χ1) is 12.2. The van der Waals surface area contributed by atoms with Crippen LogP contribution in [-0.4, -0.2) is 32.2 Å². The SMILES string of the molecule is O=C1CCC(N2C(=O)c3cc(OS(=O)(=O)F)cc4cccc2c34)C(=O)N1. The largest absolute Gasteiger partial charge is 0.488 e. The number of carbonyl (C=O) groups is 3. The second kappa shape index (κ2) is 5.49. The summed E-state index contributed by atoms with van der Waals surface area (Å²) in [5.41, 5.74) is 0.563. The van der Waals surface area contributed by atoms with Gasteiger partial charge in [0.2, 0.25) is 11.8 Å². The van der Waals surface area contributed by atoms with Crippen LogP contribution in [0.3, 0.4) is 0 Å². The summed E-state index contributed by atoms with van der Waals surface area (Å²) < 4.78 is 38.6. The first-order valence-corrected chi connectivity index (χ1v) is 8.93. The van der Waals surface area contributed by atoms with Crippen molar-refractivity contribution in [2.45, 2.75) is 18.9 Å². The molecule has 0 saturated carbocycles. The van der Waals surface area contributed by atoms with Crippen molar-refractivity contribution >= 4 is 44.7 Å². The van der Waals surface area contributed by atoms with Crippen LogP contribution in [0.2, 0.25) is 0 Å². The summed E-state index contributed by atoms with van der Waals surface area (Å²) in [6.45, 7) is 0. The van der Waals surface area contributed by atoms with E-state index in [0.29, 0.717) is 16.5 Å². The number of carbonyl (C=O) groups excluding carboxylic acids is 3. The lowest BCUT2D eigenvalue weighted by Crippen LogP contribution is -2.53. The van der Waals surface area contributed by atoms with Crippen molar-refractivity contribution in [3.8, 4) is 5.75 Å². The number of amides is 3. The zero-order chi connectivity index (χ0) is 18.6. The highest BCUT2D eigenvalue weighted by Crippen LogP contribution is 2.41. The molecule has 0 spiro atoms. The van der Waals surface area contributed by atoms with E-state index in [4.69, 9.17) is 0 Å². The number of nitrogens with one attached hydrogen (secondary N) is 1. The molecule has 2 aliphatic heterocycles. The van der Waals surface area contributed by atoms with E-state index in [1.165, 1.54) is 11.0 Å². The molecule has 2 aromatic carbocycles. The number of nitrogens with zero attached hydrogens (tertiary/aromatic N) is 1. The number of hydrogen-bond acceptors (Lipinski definition) is 6. The van der Waals surface area contributed by atoms with Crippen molar-refractivity contribution < 1.29 is 30.9 Å². The van der Waals surface area contributed by atoms with Gasteiger partial charge in [-0.1, -0.05) is 16.0 Å². The Morgan fingerprint density at radius 3 is 2.65 bits per heavy atom. The van der Waals surface area contributed by atoms with E-state index < -0.39 is 34.3 Å². The van der Waals surface area contributed by atoms with Crippen LogP contribution in [0.25, 0.3) is 10.8 Å². The zero-order valence-corrected chi connectivity index (χ0v) is 13.9. The topological polar surface area (TPSA) is 110 Å². The maximum Gasteiger partial charge on any atom is 0.488 e. The Morgan fingerprint density at radius 1 is 1.19 bits per heavy atom. The van der Waals surface area contributed by atoms with Gasteiger partial charge in [0.25, 0.3) is 5.91 Å². The lowest BCUT2D eigenvalue weighted by atomic mass is 10.0. The van der Waals surface area contributed by atoms with E-state index in [1.807, 2.05) is 0 Å². The molecule has 0 bridgehead atoms. The van der Waals surface area contributed by atoms with Crippen molar-refractivity contribution in [1.82, 2.24) is 5.32 Å². The highest BCUT2D eigenvalue weighted by molar-refractivity contribution is 7.81.